The molecule has 0 bridgehead atoms. The van der Waals surface area contributed by atoms with Crippen LogP contribution in [0.5, 0.6) is 0 Å². The van der Waals surface area contributed by atoms with E-state index in [1.54, 1.807) is 0 Å². The average Bonchev–Trinajstić information content (AvgIpc) is 2.62. The average molecular weight is 241 g/mol. The topological polar surface area (TPSA) is 33.6 Å². The Morgan fingerprint density at radius 3 is 2.69 bits per heavy atom. The molecule has 0 aliphatic carbocycles. The second-order valence-corrected chi connectivity index (χ2v) is 3.58. The molecule has 68 valence electrons. The van der Waals surface area contributed by atoms with Crippen LogP contribution >= 0.6 is 15.9 Å². The fraction of sp³-hybridized carbons (Fsp3) is 0.222. The zero-order valence-corrected chi connectivity index (χ0v) is 8.54. The van der Waals surface area contributed by atoms with E-state index < -0.39 is 0 Å². The number of nitrogens with one attached hydrogen (secondary N) is 1. The monoisotopic (exact) mass is 240 g/mol. The van der Waals surface area contributed by atoms with E-state index in [9.17, 15) is 0 Å². The maximum atomic E-state index is 5.21. The highest BCUT2D eigenvalue weighted by Crippen LogP contribution is 2.14. The van der Waals surface area contributed by atoms with Crippen molar-refractivity contribution in [1.82, 2.24) is 0 Å². The Labute approximate surface area is 84.9 Å². The van der Waals surface area contributed by atoms with E-state index in [-0.39, 0.29) is 0 Å². The van der Waals surface area contributed by atoms with Crippen molar-refractivity contribution in [2.24, 2.45) is 4.99 Å². The molecule has 1 N–H and O–H groups in total. The Kier molecular flexibility index (Phi) is 2.49. The Balaban J connectivity index is 2.05. The lowest BCUT2D eigenvalue weighted by molar-refractivity contribution is 0.346. The van der Waals surface area contributed by atoms with Crippen molar-refractivity contribution in [3.05, 3.63) is 28.7 Å². The molecule has 0 saturated carbocycles. The van der Waals surface area contributed by atoms with Crippen LogP contribution in [-0.4, -0.2) is 19.2 Å². The lowest BCUT2D eigenvalue weighted by Gasteiger charge is -2.04. The van der Waals surface area contributed by atoms with Gasteiger partial charge in [-0.2, -0.15) is 0 Å². The summed E-state index contributed by atoms with van der Waals surface area (Å²) >= 11 is 3.37. The minimum absolute atomic E-state index is 0.613. The highest BCUT2D eigenvalue weighted by Gasteiger charge is 2.06. The van der Waals surface area contributed by atoms with Gasteiger partial charge in [-0.3, -0.25) is 0 Å². The van der Waals surface area contributed by atoms with E-state index in [0.717, 1.165) is 16.7 Å². The summed E-state index contributed by atoms with van der Waals surface area (Å²) in [5.74, 6) is 0. The van der Waals surface area contributed by atoms with Gasteiger partial charge >= 0.3 is 0 Å². The molecule has 1 aromatic rings. The molecule has 0 aromatic heterocycles. The molecular weight excluding hydrogens is 232 g/mol. The Bertz CT molecular complexity index is 321. The van der Waals surface area contributed by atoms with Gasteiger partial charge < -0.3 is 10.1 Å². The fourth-order valence-corrected chi connectivity index (χ4v) is 1.33. The van der Waals surface area contributed by atoms with Gasteiger partial charge in [0.05, 0.1) is 6.54 Å². The highest BCUT2D eigenvalue weighted by atomic mass is 79.9. The van der Waals surface area contributed by atoms with E-state index in [4.69, 9.17) is 4.74 Å². The normalized spacial score (nSPS) is 15.0. The van der Waals surface area contributed by atoms with E-state index in [0.29, 0.717) is 12.6 Å². The number of hydrogen-bond donors (Lipinski definition) is 1. The molecule has 1 aliphatic rings. The van der Waals surface area contributed by atoms with Gasteiger partial charge in [0.15, 0.2) is 0 Å². The fourth-order valence-electron chi connectivity index (χ4n) is 1.07. The summed E-state index contributed by atoms with van der Waals surface area (Å²) in [6.07, 6.45) is 0. The quantitative estimate of drug-likeness (QED) is 0.818. The molecule has 1 heterocycles. The largest absolute Gasteiger partial charge is 0.463 e. The molecule has 1 aliphatic heterocycles. The zero-order valence-electron chi connectivity index (χ0n) is 6.96. The molecule has 0 unspecified atom stereocenters. The van der Waals surface area contributed by atoms with Gasteiger partial charge in [-0.05, 0) is 24.3 Å². The van der Waals surface area contributed by atoms with Crippen LogP contribution < -0.4 is 5.32 Å². The van der Waals surface area contributed by atoms with E-state index in [1.807, 2.05) is 24.3 Å². The molecule has 0 radical (unpaired) electrons. The van der Waals surface area contributed by atoms with Gasteiger partial charge in [0, 0.05) is 10.2 Å². The van der Waals surface area contributed by atoms with Crippen LogP contribution in [0.4, 0.5) is 5.69 Å². The van der Waals surface area contributed by atoms with E-state index in [2.05, 4.69) is 26.2 Å². The van der Waals surface area contributed by atoms with Crippen LogP contribution in [0.3, 0.4) is 0 Å². The van der Waals surface area contributed by atoms with Crippen LogP contribution in [-0.2, 0) is 4.74 Å². The smallest absolute Gasteiger partial charge is 0.289 e. The van der Waals surface area contributed by atoms with Gasteiger partial charge in [-0.25, -0.2) is 4.99 Å². The van der Waals surface area contributed by atoms with Crippen molar-refractivity contribution >= 4 is 27.6 Å². The summed E-state index contributed by atoms with van der Waals surface area (Å²) in [5.41, 5.74) is 0.990. The van der Waals surface area contributed by atoms with Gasteiger partial charge in [0.25, 0.3) is 6.02 Å². The first-order valence-corrected chi connectivity index (χ1v) is 4.84. The standard InChI is InChI=1S/C9H9BrN2O/c10-7-1-3-8(4-2-7)12-9-11-5-6-13-9/h1-4H,5-6H2,(H,11,12). The lowest BCUT2D eigenvalue weighted by Crippen LogP contribution is -2.11. The van der Waals surface area contributed by atoms with Crippen molar-refractivity contribution in [2.75, 3.05) is 18.5 Å². The third-order valence-corrected chi connectivity index (χ3v) is 2.21. The highest BCUT2D eigenvalue weighted by molar-refractivity contribution is 9.10. The van der Waals surface area contributed by atoms with Crippen molar-refractivity contribution in [2.45, 2.75) is 0 Å². The second-order valence-electron chi connectivity index (χ2n) is 2.67. The van der Waals surface area contributed by atoms with Crippen LogP contribution in [0.1, 0.15) is 0 Å². The number of anilines is 1. The minimum Gasteiger partial charge on any atom is -0.463 e. The van der Waals surface area contributed by atoms with Crippen LogP contribution in [0.25, 0.3) is 0 Å². The van der Waals surface area contributed by atoms with Crippen LogP contribution in [0, 0.1) is 0 Å². The zero-order chi connectivity index (χ0) is 9.10. The first kappa shape index (κ1) is 8.56. The third-order valence-electron chi connectivity index (χ3n) is 1.68. The Morgan fingerprint density at radius 1 is 1.31 bits per heavy atom. The number of rotatable bonds is 1. The Hall–Kier alpha value is -1.03. The van der Waals surface area contributed by atoms with Crippen LogP contribution in [0.2, 0.25) is 0 Å². The number of amidine groups is 1. The molecule has 0 saturated heterocycles. The minimum atomic E-state index is 0.613. The van der Waals surface area contributed by atoms with Gasteiger partial charge in [-0.1, -0.05) is 15.9 Å². The molecule has 3 nitrogen and oxygen atoms in total. The summed E-state index contributed by atoms with van der Waals surface area (Å²) in [4.78, 5) is 4.13. The third kappa shape index (κ3) is 2.21. The van der Waals surface area contributed by atoms with Crippen molar-refractivity contribution in [3.63, 3.8) is 0 Å². The number of ether oxygens (including phenoxy) is 1. The molecule has 4 heteroatoms. The summed E-state index contributed by atoms with van der Waals surface area (Å²) in [6.45, 7) is 1.43. The maximum Gasteiger partial charge on any atom is 0.289 e. The first-order chi connectivity index (χ1) is 6.34. The van der Waals surface area contributed by atoms with E-state index in [1.165, 1.54) is 0 Å². The number of benzene rings is 1. The molecule has 1 aromatic carbocycles. The number of aliphatic imine (C=N–C) groups is 1. The summed E-state index contributed by atoms with van der Waals surface area (Å²) in [7, 11) is 0. The number of halogens is 1. The predicted octanol–water partition coefficient (Wildman–Crippen LogP) is 2.25. The van der Waals surface area contributed by atoms with Gasteiger partial charge in [-0.15, -0.1) is 0 Å². The maximum absolute atomic E-state index is 5.21. The summed E-state index contributed by atoms with van der Waals surface area (Å²) in [6, 6.07) is 8.49. The van der Waals surface area contributed by atoms with Gasteiger partial charge in [0.1, 0.15) is 6.61 Å². The molecule has 0 amide bonds. The van der Waals surface area contributed by atoms with Gasteiger partial charge in [0.2, 0.25) is 0 Å². The SMILES string of the molecule is Brc1ccc(NC2=NCCO2)cc1. The second kappa shape index (κ2) is 3.79. The summed E-state index contributed by atoms with van der Waals surface area (Å²) in [5, 5.41) is 3.08. The van der Waals surface area contributed by atoms with Crippen LogP contribution in [0.15, 0.2) is 33.7 Å². The number of hydrogen-bond acceptors (Lipinski definition) is 3. The first-order valence-electron chi connectivity index (χ1n) is 4.04. The van der Waals surface area contributed by atoms with Crippen molar-refractivity contribution in [3.8, 4) is 0 Å². The molecule has 0 atom stereocenters. The predicted molar refractivity (Wildman–Crippen MR) is 56.0 cm³/mol. The Morgan fingerprint density at radius 2 is 2.08 bits per heavy atom. The summed E-state index contributed by atoms with van der Waals surface area (Å²) < 4.78 is 6.28. The van der Waals surface area contributed by atoms with E-state index >= 15 is 0 Å². The lowest BCUT2D eigenvalue weighted by atomic mass is 10.3. The molecule has 0 spiro atoms. The molecule has 13 heavy (non-hydrogen) atoms. The van der Waals surface area contributed by atoms with Crippen molar-refractivity contribution < 1.29 is 4.74 Å². The van der Waals surface area contributed by atoms with Crippen molar-refractivity contribution in [1.29, 1.82) is 0 Å². The number of nitrogens with zero attached hydrogens (tertiary/aromatic N) is 1. The molecular formula is C9H9BrN2O. The molecule has 2 rings (SSSR count). The molecule has 0 fully saturated rings.